The molecule has 4 aromatic carbocycles. The maximum Gasteiger partial charge on any atom is 0.251 e. The quantitative estimate of drug-likeness (QED) is 0.230. The van der Waals surface area contributed by atoms with E-state index in [-0.39, 0.29) is 24.9 Å². The van der Waals surface area contributed by atoms with Crippen LogP contribution in [0.3, 0.4) is 0 Å². The van der Waals surface area contributed by atoms with Crippen molar-refractivity contribution >= 4 is 5.91 Å². The lowest BCUT2D eigenvalue weighted by atomic mass is 9.98. The molecule has 1 amide bonds. The molecule has 0 spiro atoms. The molecule has 0 aromatic heterocycles. The Morgan fingerprint density at radius 2 is 1.56 bits per heavy atom. The minimum absolute atomic E-state index is 0.0341. The zero-order valence-electron chi connectivity index (χ0n) is 23.3. The van der Waals surface area contributed by atoms with Gasteiger partial charge in [-0.3, -0.25) is 4.79 Å². The first-order chi connectivity index (χ1) is 19.6. The largest absolute Gasteiger partial charge is 0.488 e. The lowest BCUT2D eigenvalue weighted by molar-refractivity contribution is 0.0826. The maximum atomic E-state index is 14.0. The third kappa shape index (κ3) is 6.64. The molecule has 0 saturated heterocycles. The fourth-order valence-electron chi connectivity index (χ4n) is 5.35. The molecule has 0 saturated carbocycles. The predicted molar refractivity (Wildman–Crippen MR) is 156 cm³/mol. The van der Waals surface area contributed by atoms with Gasteiger partial charge in [-0.15, -0.1) is 0 Å². The van der Waals surface area contributed by atoms with Crippen molar-refractivity contribution in [3.05, 3.63) is 125 Å². The highest BCUT2D eigenvalue weighted by molar-refractivity contribution is 5.94. The number of benzene rings is 4. The standard InChI is InChI=1S/C34H34F2N2O3/c1-34(2,3)41-30-15-9-14-26-25-12-7-8-13-27(25)32(31(26)30)37-20-29(39)28(18-21-16-23(35)19-24(36)17-21)38-33(40)22-10-5-4-6-11-22/h4-17,19,28-29,32,37,39H,18,20H2,1-3H3,(H,38,40)/t28-,29+,32?/m1/s1. The summed E-state index contributed by atoms with van der Waals surface area (Å²) in [6.45, 7) is 6.08. The van der Waals surface area contributed by atoms with Crippen molar-refractivity contribution in [2.24, 2.45) is 0 Å². The van der Waals surface area contributed by atoms with Crippen molar-refractivity contribution in [2.45, 2.75) is 51.0 Å². The van der Waals surface area contributed by atoms with E-state index in [1.54, 1.807) is 30.3 Å². The highest BCUT2D eigenvalue weighted by Crippen LogP contribution is 2.48. The van der Waals surface area contributed by atoms with E-state index in [9.17, 15) is 18.7 Å². The molecule has 0 aliphatic heterocycles. The monoisotopic (exact) mass is 556 g/mol. The van der Waals surface area contributed by atoms with Crippen molar-refractivity contribution in [1.29, 1.82) is 0 Å². The molecule has 1 aliphatic rings. The second kappa shape index (κ2) is 11.8. The van der Waals surface area contributed by atoms with E-state index in [0.717, 1.165) is 34.1 Å². The van der Waals surface area contributed by atoms with Crippen molar-refractivity contribution < 1.29 is 23.4 Å². The zero-order chi connectivity index (χ0) is 29.1. The Morgan fingerprint density at radius 1 is 0.902 bits per heavy atom. The Labute approximate surface area is 239 Å². The molecule has 3 atom stereocenters. The lowest BCUT2D eigenvalue weighted by Gasteiger charge is -2.28. The van der Waals surface area contributed by atoms with Gasteiger partial charge in [0.05, 0.1) is 18.2 Å². The zero-order valence-corrected chi connectivity index (χ0v) is 23.3. The summed E-state index contributed by atoms with van der Waals surface area (Å²) in [4.78, 5) is 13.0. The normalized spacial score (nSPS) is 15.5. The van der Waals surface area contributed by atoms with Gasteiger partial charge < -0.3 is 20.5 Å². The summed E-state index contributed by atoms with van der Waals surface area (Å²) in [6, 6.07) is 24.8. The summed E-state index contributed by atoms with van der Waals surface area (Å²) in [5.41, 5.74) is 4.50. The molecular weight excluding hydrogens is 522 g/mol. The number of nitrogens with one attached hydrogen (secondary N) is 2. The molecule has 5 rings (SSSR count). The minimum Gasteiger partial charge on any atom is -0.488 e. The average Bonchev–Trinajstić information content (AvgIpc) is 3.25. The fraction of sp³-hybridized carbons (Fsp3) is 0.265. The van der Waals surface area contributed by atoms with Gasteiger partial charge in [0, 0.05) is 23.7 Å². The number of halogens is 2. The Balaban J connectivity index is 1.42. The van der Waals surface area contributed by atoms with Gasteiger partial charge in [0.25, 0.3) is 5.91 Å². The third-order valence-electron chi connectivity index (χ3n) is 7.06. The molecule has 212 valence electrons. The smallest absolute Gasteiger partial charge is 0.251 e. The Bertz CT molecular complexity index is 1510. The molecule has 7 heteroatoms. The lowest BCUT2D eigenvalue weighted by Crippen LogP contribution is -2.49. The van der Waals surface area contributed by atoms with Gasteiger partial charge in [0.2, 0.25) is 0 Å². The highest BCUT2D eigenvalue weighted by Gasteiger charge is 2.33. The summed E-state index contributed by atoms with van der Waals surface area (Å²) < 4.78 is 34.3. The molecule has 0 bridgehead atoms. The molecule has 4 aromatic rings. The van der Waals surface area contributed by atoms with Crippen LogP contribution in [0.25, 0.3) is 11.1 Å². The first kappa shape index (κ1) is 28.5. The summed E-state index contributed by atoms with van der Waals surface area (Å²) in [5, 5.41) is 17.8. The van der Waals surface area contributed by atoms with Crippen LogP contribution in [-0.4, -0.2) is 35.3 Å². The number of hydrogen-bond acceptors (Lipinski definition) is 4. The van der Waals surface area contributed by atoms with Crippen LogP contribution in [0.15, 0.2) is 91.0 Å². The Morgan fingerprint density at radius 3 is 2.27 bits per heavy atom. The van der Waals surface area contributed by atoms with Gasteiger partial charge in [-0.2, -0.15) is 0 Å². The molecule has 1 aliphatic carbocycles. The van der Waals surface area contributed by atoms with Gasteiger partial charge in [0.1, 0.15) is 23.0 Å². The van der Waals surface area contributed by atoms with E-state index in [4.69, 9.17) is 4.74 Å². The van der Waals surface area contributed by atoms with Crippen molar-refractivity contribution in [3.8, 4) is 16.9 Å². The van der Waals surface area contributed by atoms with Crippen LogP contribution in [0, 0.1) is 11.6 Å². The molecule has 1 unspecified atom stereocenters. The van der Waals surface area contributed by atoms with Gasteiger partial charge in [-0.25, -0.2) is 8.78 Å². The minimum atomic E-state index is -1.08. The molecule has 0 fully saturated rings. The Kier molecular flexibility index (Phi) is 8.20. The fourth-order valence-corrected chi connectivity index (χ4v) is 5.35. The van der Waals surface area contributed by atoms with Gasteiger partial charge in [0.15, 0.2) is 0 Å². The van der Waals surface area contributed by atoms with E-state index < -0.39 is 29.4 Å². The topological polar surface area (TPSA) is 70.6 Å². The van der Waals surface area contributed by atoms with E-state index in [1.807, 2.05) is 51.1 Å². The van der Waals surface area contributed by atoms with Crippen molar-refractivity contribution in [2.75, 3.05) is 6.54 Å². The first-order valence-electron chi connectivity index (χ1n) is 13.7. The van der Waals surface area contributed by atoms with E-state index in [1.165, 1.54) is 12.1 Å². The SMILES string of the molecule is CC(C)(C)Oc1cccc2c1C(NC[C@H](O)[C@@H](Cc1cc(F)cc(F)c1)NC(=O)c1ccccc1)c1ccccc1-2. The summed E-state index contributed by atoms with van der Waals surface area (Å²) >= 11 is 0. The van der Waals surface area contributed by atoms with Gasteiger partial charge in [-0.05, 0) is 79.8 Å². The van der Waals surface area contributed by atoms with E-state index >= 15 is 0 Å². The van der Waals surface area contributed by atoms with Crippen LogP contribution in [0.1, 0.15) is 53.9 Å². The number of rotatable bonds is 9. The van der Waals surface area contributed by atoms with Crippen LogP contribution < -0.4 is 15.4 Å². The molecule has 3 N–H and O–H groups in total. The molecule has 41 heavy (non-hydrogen) atoms. The molecule has 0 radical (unpaired) electrons. The van der Waals surface area contributed by atoms with Crippen LogP contribution in [0.2, 0.25) is 0 Å². The highest BCUT2D eigenvalue weighted by atomic mass is 19.1. The summed E-state index contributed by atoms with van der Waals surface area (Å²) in [7, 11) is 0. The summed E-state index contributed by atoms with van der Waals surface area (Å²) in [5.74, 6) is -1.07. The first-order valence-corrected chi connectivity index (χ1v) is 13.7. The van der Waals surface area contributed by atoms with Gasteiger partial charge >= 0.3 is 0 Å². The number of aliphatic hydroxyl groups is 1. The van der Waals surface area contributed by atoms with Crippen LogP contribution in [-0.2, 0) is 6.42 Å². The average molecular weight is 557 g/mol. The van der Waals surface area contributed by atoms with Crippen LogP contribution in [0.5, 0.6) is 5.75 Å². The number of amides is 1. The van der Waals surface area contributed by atoms with E-state index in [2.05, 4.69) is 22.8 Å². The number of ether oxygens (including phenoxy) is 1. The number of carbonyl (C=O) groups excluding carboxylic acids is 1. The van der Waals surface area contributed by atoms with Crippen LogP contribution in [0.4, 0.5) is 8.78 Å². The molecular formula is C34H34F2N2O3. The third-order valence-corrected chi connectivity index (χ3v) is 7.06. The molecule has 0 heterocycles. The van der Waals surface area contributed by atoms with Crippen molar-refractivity contribution in [3.63, 3.8) is 0 Å². The van der Waals surface area contributed by atoms with Crippen molar-refractivity contribution in [1.82, 2.24) is 10.6 Å². The molecule has 5 nitrogen and oxygen atoms in total. The number of aliphatic hydroxyl groups excluding tert-OH is 1. The maximum absolute atomic E-state index is 14.0. The van der Waals surface area contributed by atoms with E-state index in [0.29, 0.717) is 11.1 Å². The predicted octanol–water partition coefficient (Wildman–Crippen LogP) is 6.20. The van der Waals surface area contributed by atoms with Crippen LogP contribution >= 0.6 is 0 Å². The number of carbonyl (C=O) groups is 1. The second-order valence-electron chi connectivity index (χ2n) is 11.4. The Hall–Kier alpha value is -4.07. The summed E-state index contributed by atoms with van der Waals surface area (Å²) in [6.07, 6.45) is -1.05. The van der Waals surface area contributed by atoms with Gasteiger partial charge in [-0.1, -0.05) is 54.6 Å². The number of fused-ring (bicyclic) bond motifs is 3. The second-order valence-corrected chi connectivity index (χ2v) is 11.4. The number of hydrogen-bond donors (Lipinski definition) is 3.